The van der Waals surface area contributed by atoms with Crippen molar-refractivity contribution in [1.82, 2.24) is 15.0 Å². The molecule has 6 nitrogen and oxygen atoms in total. The highest BCUT2D eigenvalue weighted by Crippen LogP contribution is 2.40. The summed E-state index contributed by atoms with van der Waals surface area (Å²) in [6, 6.07) is 12.4. The number of nitrogens with zero attached hydrogens (tertiary/aromatic N) is 4. The Morgan fingerprint density at radius 1 is 1.00 bits per heavy atom. The first-order valence-corrected chi connectivity index (χ1v) is 10.4. The minimum Gasteiger partial charge on any atom is -0.356 e. The number of benzene rings is 1. The zero-order valence-corrected chi connectivity index (χ0v) is 16.0. The van der Waals surface area contributed by atoms with Crippen LogP contribution in [0.25, 0.3) is 0 Å². The van der Waals surface area contributed by atoms with E-state index in [0.717, 1.165) is 43.7 Å². The van der Waals surface area contributed by atoms with Gasteiger partial charge in [0.15, 0.2) is 0 Å². The second kappa shape index (κ2) is 7.51. The van der Waals surface area contributed by atoms with Crippen LogP contribution in [0.4, 0.5) is 5.82 Å². The lowest BCUT2D eigenvalue weighted by Crippen LogP contribution is -2.42. The molecule has 5 rings (SSSR count). The Bertz CT molecular complexity index is 831. The van der Waals surface area contributed by atoms with Crippen LogP contribution in [0.15, 0.2) is 42.7 Å². The van der Waals surface area contributed by atoms with E-state index in [-0.39, 0.29) is 17.9 Å². The van der Waals surface area contributed by atoms with Gasteiger partial charge in [0, 0.05) is 43.1 Å². The molecule has 0 radical (unpaired) electrons. The molecule has 3 aliphatic rings. The van der Waals surface area contributed by atoms with Gasteiger partial charge < -0.3 is 4.90 Å². The lowest BCUT2D eigenvalue weighted by molar-refractivity contribution is -0.182. The van der Waals surface area contributed by atoms with Gasteiger partial charge in [0.2, 0.25) is 5.91 Å². The van der Waals surface area contributed by atoms with Gasteiger partial charge in [-0.1, -0.05) is 30.3 Å². The van der Waals surface area contributed by atoms with Gasteiger partial charge in [-0.2, -0.15) is 0 Å². The molecule has 1 atom stereocenters. The van der Waals surface area contributed by atoms with Crippen LogP contribution in [0, 0.1) is 5.92 Å². The summed E-state index contributed by atoms with van der Waals surface area (Å²) in [5.41, 5.74) is 2.32. The molecule has 1 amide bonds. The zero-order chi connectivity index (χ0) is 18.9. The molecular weight excluding hydrogens is 352 g/mol. The van der Waals surface area contributed by atoms with E-state index in [1.807, 2.05) is 18.2 Å². The first kappa shape index (κ1) is 17.6. The van der Waals surface area contributed by atoms with Crippen LogP contribution in [-0.4, -0.2) is 40.6 Å². The number of hydrogen-bond acceptors (Lipinski definition) is 5. The van der Waals surface area contributed by atoms with Gasteiger partial charge in [-0.05, 0) is 31.2 Å². The molecule has 2 aromatic rings. The van der Waals surface area contributed by atoms with Crippen LogP contribution in [0.2, 0.25) is 0 Å². The molecule has 1 aliphatic carbocycles. The largest absolute Gasteiger partial charge is 0.356 e. The summed E-state index contributed by atoms with van der Waals surface area (Å²) in [6.07, 6.45) is 6.70. The molecule has 28 heavy (non-hydrogen) atoms. The standard InChI is InChI=1S/C22H26N4O2/c27-22(26-20(10-13-28-26)17-4-2-1-3-5-17)18-8-11-25(12-9-18)21-14-19(16-6-7-16)23-15-24-21/h1-5,14-16,18,20H,6-13H2/t20-/m0/s1. The Kier molecular flexibility index (Phi) is 4.72. The van der Waals surface area contributed by atoms with Crippen LogP contribution in [-0.2, 0) is 9.63 Å². The third kappa shape index (κ3) is 3.49. The molecule has 2 saturated heterocycles. The maximum atomic E-state index is 13.1. The van der Waals surface area contributed by atoms with Crippen LogP contribution in [0.3, 0.4) is 0 Å². The molecule has 2 aliphatic heterocycles. The SMILES string of the molecule is O=C(C1CCN(c2cc(C3CC3)ncn2)CC1)N1OCC[C@H]1c1ccccc1. The van der Waals surface area contributed by atoms with Crippen molar-refractivity contribution in [1.29, 1.82) is 0 Å². The number of aromatic nitrogens is 2. The van der Waals surface area contributed by atoms with Crippen LogP contribution in [0.5, 0.6) is 0 Å². The number of hydroxylamine groups is 2. The van der Waals surface area contributed by atoms with E-state index < -0.39 is 0 Å². The van der Waals surface area contributed by atoms with Gasteiger partial charge in [-0.15, -0.1) is 0 Å². The first-order chi connectivity index (χ1) is 13.8. The molecule has 1 aromatic carbocycles. The number of hydrogen-bond donors (Lipinski definition) is 0. The normalized spacial score (nSPS) is 23.2. The summed E-state index contributed by atoms with van der Waals surface area (Å²) in [4.78, 5) is 30.1. The maximum absolute atomic E-state index is 13.1. The molecule has 0 unspecified atom stereocenters. The molecule has 3 fully saturated rings. The zero-order valence-electron chi connectivity index (χ0n) is 16.0. The van der Waals surface area contributed by atoms with Crippen LogP contribution in [0.1, 0.15) is 55.3 Å². The van der Waals surface area contributed by atoms with Gasteiger partial charge in [0.05, 0.1) is 12.6 Å². The minimum atomic E-state index is 0.0188. The second-order valence-electron chi connectivity index (χ2n) is 8.05. The Labute approximate surface area is 165 Å². The molecule has 0 bridgehead atoms. The summed E-state index contributed by atoms with van der Waals surface area (Å²) >= 11 is 0. The molecule has 1 saturated carbocycles. The quantitative estimate of drug-likeness (QED) is 0.815. The summed E-state index contributed by atoms with van der Waals surface area (Å²) in [5.74, 6) is 1.78. The van der Waals surface area contributed by atoms with E-state index in [2.05, 4.69) is 33.1 Å². The Morgan fingerprint density at radius 3 is 2.54 bits per heavy atom. The Balaban J connectivity index is 1.23. The fraction of sp³-hybridized carbons (Fsp3) is 0.500. The van der Waals surface area contributed by atoms with Crippen molar-refractivity contribution in [3.8, 4) is 0 Å². The monoisotopic (exact) mass is 378 g/mol. The fourth-order valence-electron chi connectivity index (χ4n) is 4.34. The minimum absolute atomic E-state index is 0.0188. The average Bonchev–Trinajstić information content (AvgIpc) is 3.50. The maximum Gasteiger partial charge on any atom is 0.249 e. The number of rotatable bonds is 4. The van der Waals surface area contributed by atoms with E-state index in [0.29, 0.717) is 12.5 Å². The summed E-state index contributed by atoms with van der Waals surface area (Å²) < 4.78 is 0. The van der Waals surface area contributed by atoms with Gasteiger partial charge >= 0.3 is 0 Å². The molecule has 146 valence electrons. The van der Waals surface area contributed by atoms with Crippen LogP contribution >= 0.6 is 0 Å². The number of carbonyl (C=O) groups excluding carboxylic acids is 1. The highest BCUT2D eigenvalue weighted by atomic mass is 16.7. The van der Waals surface area contributed by atoms with E-state index >= 15 is 0 Å². The van der Waals surface area contributed by atoms with Gasteiger partial charge in [-0.25, -0.2) is 15.0 Å². The van der Waals surface area contributed by atoms with Gasteiger partial charge in [0.1, 0.15) is 12.1 Å². The smallest absolute Gasteiger partial charge is 0.249 e. The molecule has 0 spiro atoms. The molecular formula is C22H26N4O2. The van der Waals surface area contributed by atoms with E-state index in [9.17, 15) is 4.79 Å². The first-order valence-electron chi connectivity index (χ1n) is 10.4. The highest BCUT2D eigenvalue weighted by Gasteiger charge is 2.37. The molecule has 3 heterocycles. The molecule has 0 N–H and O–H groups in total. The summed E-state index contributed by atoms with van der Waals surface area (Å²) in [5, 5.41) is 1.64. The van der Waals surface area contributed by atoms with Crippen molar-refractivity contribution in [2.45, 2.75) is 44.1 Å². The number of carbonyl (C=O) groups is 1. The third-order valence-electron chi connectivity index (χ3n) is 6.14. The van der Waals surface area contributed by atoms with Crippen molar-refractivity contribution in [2.24, 2.45) is 5.92 Å². The highest BCUT2D eigenvalue weighted by molar-refractivity contribution is 5.79. The van der Waals surface area contributed by atoms with E-state index in [1.54, 1.807) is 11.4 Å². The Hall–Kier alpha value is -2.47. The predicted molar refractivity (Wildman–Crippen MR) is 106 cm³/mol. The second-order valence-corrected chi connectivity index (χ2v) is 8.05. The van der Waals surface area contributed by atoms with Crippen LogP contribution < -0.4 is 4.90 Å². The van der Waals surface area contributed by atoms with E-state index in [4.69, 9.17) is 4.84 Å². The van der Waals surface area contributed by atoms with Crippen molar-refractivity contribution < 1.29 is 9.63 Å². The average molecular weight is 378 g/mol. The lowest BCUT2D eigenvalue weighted by Gasteiger charge is -2.34. The Morgan fingerprint density at radius 2 is 1.79 bits per heavy atom. The number of amides is 1. The predicted octanol–water partition coefficient (Wildman–Crippen LogP) is 3.48. The fourth-order valence-corrected chi connectivity index (χ4v) is 4.34. The van der Waals surface area contributed by atoms with Crippen molar-refractivity contribution in [2.75, 3.05) is 24.6 Å². The number of anilines is 1. The third-order valence-corrected chi connectivity index (χ3v) is 6.14. The topological polar surface area (TPSA) is 58.6 Å². The lowest BCUT2D eigenvalue weighted by atomic mass is 9.94. The van der Waals surface area contributed by atoms with Crippen molar-refractivity contribution in [3.63, 3.8) is 0 Å². The van der Waals surface area contributed by atoms with Gasteiger partial charge in [-0.3, -0.25) is 9.63 Å². The molecule has 6 heteroatoms. The summed E-state index contributed by atoms with van der Waals surface area (Å²) in [6.45, 7) is 2.30. The van der Waals surface area contributed by atoms with Crippen molar-refractivity contribution in [3.05, 3.63) is 54.0 Å². The van der Waals surface area contributed by atoms with Gasteiger partial charge in [0.25, 0.3) is 0 Å². The number of piperidine rings is 1. The van der Waals surface area contributed by atoms with Crippen molar-refractivity contribution >= 4 is 11.7 Å². The summed E-state index contributed by atoms with van der Waals surface area (Å²) in [7, 11) is 0. The molecule has 1 aromatic heterocycles. The van der Waals surface area contributed by atoms with E-state index in [1.165, 1.54) is 18.5 Å².